The van der Waals surface area contributed by atoms with E-state index in [9.17, 15) is 0 Å². The van der Waals surface area contributed by atoms with Crippen LogP contribution in [0.15, 0.2) is 159 Å². The third-order valence-electron chi connectivity index (χ3n) is 9.55. The molecule has 7 aromatic carbocycles. The highest BCUT2D eigenvalue weighted by molar-refractivity contribution is 6.18. The summed E-state index contributed by atoms with van der Waals surface area (Å²) in [7, 11) is 0. The first-order chi connectivity index (χ1) is 25.2. The molecule has 0 bridgehead atoms. The van der Waals surface area contributed by atoms with Gasteiger partial charge in [-0.2, -0.15) is 0 Å². The lowest BCUT2D eigenvalue weighted by Gasteiger charge is -2.09. The zero-order valence-corrected chi connectivity index (χ0v) is 26.9. The summed E-state index contributed by atoms with van der Waals surface area (Å²) in [6, 6.07) is 48.5. The number of hydrogen-bond donors (Lipinski definition) is 0. The van der Waals surface area contributed by atoms with Crippen molar-refractivity contribution in [2.75, 3.05) is 0 Å². The van der Waals surface area contributed by atoms with E-state index < -0.39 is 0 Å². The normalized spacial score (nSPS) is 11.9. The van der Waals surface area contributed by atoms with E-state index in [1.165, 1.54) is 0 Å². The predicted octanol–water partition coefficient (Wildman–Crippen LogP) is 11.6. The summed E-state index contributed by atoms with van der Waals surface area (Å²) >= 11 is 0. The number of nitrogens with zero attached hydrogens (tertiary/aromatic N) is 4. The quantitative estimate of drug-likeness (QED) is 0.186. The third-order valence-corrected chi connectivity index (χ3v) is 9.55. The second-order valence-electron chi connectivity index (χ2n) is 12.6. The number of fused-ring (bicyclic) bond motifs is 8. The van der Waals surface area contributed by atoms with Gasteiger partial charge in [0.15, 0.2) is 23.1 Å². The highest BCUT2D eigenvalue weighted by Gasteiger charge is 2.25. The minimum Gasteiger partial charge on any atom is -0.456 e. The van der Waals surface area contributed by atoms with Crippen LogP contribution in [0.2, 0.25) is 0 Å². The van der Waals surface area contributed by atoms with Crippen LogP contribution in [-0.4, -0.2) is 19.9 Å². The van der Waals surface area contributed by atoms with Crippen molar-refractivity contribution in [2.45, 2.75) is 0 Å². The Kier molecular flexibility index (Phi) is 5.83. The zero-order valence-electron chi connectivity index (χ0n) is 26.9. The number of rotatable bonds is 4. The number of para-hydroxylation sites is 2. The maximum absolute atomic E-state index is 6.52. The Bertz CT molecular complexity index is 3160. The van der Waals surface area contributed by atoms with Crippen LogP contribution in [-0.2, 0) is 0 Å². The van der Waals surface area contributed by atoms with E-state index in [1.807, 2.05) is 103 Å². The second kappa shape index (κ2) is 10.7. The fourth-order valence-electron chi connectivity index (χ4n) is 7.13. The van der Waals surface area contributed by atoms with Gasteiger partial charge in [0.1, 0.15) is 27.8 Å². The van der Waals surface area contributed by atoms with Crippen molar-refractivity contribution in [3.63, 3.8) is 0 Å². The molecule has 0 aliphatic rings. The van der Waals surface area contributed by atoms with E-state index in [4.69, 9.17) is 33.2 Å². The maximum atomic E-state index is 6.52. The molecule has 7 nitrogen and oxygen atoms in total. The van der Waals surface area contributed by atoms with Crippen LogP contribution in [0.25, 0.3) is 111 Å². The molecule has 0 aliphatic heterocycles. The largest absolute Gasteiger partial charge is 0.456 e. The van der Waals surface area contributed by atoms with Crippen LogP contribution in [0.4, 0.5) is 0 Å². The lowest BCUT2D eigenvalue weighted by Crippen LogP contribution is -2.01. The van der Waals surface area contributed by atoms with Crippen molar-refractivity contribution in [3.05, 3.63) is 146 Å². The molecule has 0 saturated heterocycles. The van der Waals surface area contributed by atoms with E-state index in [2.05, 4.69) is 42.5 Å². The molecule has 7 heteroatoms. The Morgan fingerprint density at radius 2 is 1.00 bits per heavy atom. The molecular weight excluding hydrogens is 633 g/mol. The molecule has 0 saturated carbocycles. The van der Waals surface area contributed by atoms with E-state index in [0.717, 1.165) is 65.8 Å². The average Bonchev–Trinajstić information content (AvgIpc) is 3.90. The van der Waals surface area contributed by atoms with Gasteiger partial charge < -0.3 is 13.3 Å². The highest BCUT2D eigenvalue weighted by atomic mass is 16.4. The van der Waals surface area contributed by atoms with Gasteiger partial charge in [-0.1, -0.05) is 103 Å². The van der Waals surface area contributed by atoms with Crippen molar-refractivity contribution in [1.29, 1.82) is 0 Å². The van der Waals surface area contributed by atoms with Crippen molar-refractivity contribution in [3.8, 4) is 45.6 Å². The summed E-state index contributed by atoms with van der Waals surface area (Å²) < 4.78 is 19.2. The standard InChI is InChI=1S/C44H24N4O3/c1-2-11-26(12-3-1)41-46-42(28-20-21-31-30-14-6-8-16-33(30)49-35(31)23-28)48-43(47-41)39-38-32-15-7-9-17-34(32)50-36(38)24-37-40(39)45-44(51-37)29-19-18-25-10-4-5-13-27(25)22-29/h1-24H. The van der Waals surface area contributed by atoms with E-state index in [1.54, 1.807) is 0 Å². The molecule has 0 radical (unpaired) electrons. The topological polar surface area (TPSA) is 91.0 Å². The maximum Gasteiger partial charge on any atom is 0.227 e. The van der Waals surface area contributed by atoms with Gasteiger partial charge in [0.05, 0.1) is 5.56 Å². The average molecular weight is 657 g/mol. The minimum absolute atomic E-state index is 0.462. The Morgan fingerprint density at radius 3 is 1.86 bits per heavy atom. The van der Waals surface area contributed by atoms with Crippen LogP contribution in [0.3, 0.4) is 0 Å². The molecule has 11 aromatic rings. The summed E-state index contributed by atoms with van der Waals surface area (Å²) in [5, 5.41) is 6.15. The molecule has 0 aliphatic carbocycles. The van der Waals surface area contributed by atoms with Gasteiger partial charge in [0.25, 0.3) is 0 Å². The molecule has 0 atom stereocenters. The van der Waals surface area contributed by atoms with E-state index in [0.29, 0.717) is 45.6 Å². The second-order valence-corrected chi connectivity index (χ2v) is 12.6. The summed E-state index contributed by atoms with van der Waals surface area (Å²) in [6.45, 7) is 0. The number of oxazole rings is 1. The summed E-state index contributed by atoms with van der Waals surface area (Å²) in [4.78, 5) is 20.5. The fraction of sp³-hybridized carbons (Fsp3) is 0. The highest BCUT2D eigenvalue weighted by Crippen LogP contribution is 2.43. The van der Waals surface area contributed by atoms with Crippen molar-refractivity contribution >= 4 is 65.7 Å². The minimum atomic E-state index is 0.462. The Balaban J connectivity index is 1.20. The monoisotopic (exact) mass is 656 g/mol. The van der Waals surface area contributed by atoms with Gasteiger partial charge >= 0.3 is 0 Å². The Morgan fingerprint density at radius 1 is 0.353 bits per heavy atom. The van der Waals surface area contributed by atoms with Crippen LogP contribution in [0.5, 0.6) is 0 Å². The molecule has 0 unspecified atom stereocenters. The molecule has 51 heavy (non-hydrogen) atoms. The molecule has 0 fully saturated rings. The van der Waals surface area contributed by atoms with Gasteiger partial charge in [-0.15, -0.1) is 0 Å². The zero-order chi connectivity index (χ0) is 33.5. The predicted molar refractivity (Wildman–Crippen MR) is 201 cm³/mol. The van der Waals surface area contributed by atoms with E-state index >= 15 is 0 Å². The van der Waals surface area contributed by atoms with Crippen LogP contribution in [0.1, 0.15) is 0 Å². The summed E-state index contributed by atoms with van der Waals surface area (Å²) in [6.07, 6.45) is 0. The number of aromatic nitrogens is 4. The molecular formula is C44H24N4O3. The van der Waals surface area contributed by atoms with Crippen molar-refractivity contribution in [2.24, 2.45) is 0 Å². The SMILES string of the molecule is c1ccc(-c2nc(-c3ccc4c(c3)oc3ccccc34)nc(-c3c4nc(-c5ccc6ccccc6c5)oc4cc4oc5ccccc5c34)n2)cc1. The van der Waals surface area contributed by atoms with Crippen LogP contribution >= 0.6 is 0 Å². The van der Waals surface area contributed by atoms with Gasteiger partial charge in [-0.3, -0.25) is 0 Å². The van der Waals surface area contributed by atoms with Gasteiger partial charge in [0.2, 0.25) is 5.89 Å². The van der Waals surface area contributed by atoms with Gasteiger partial charge in [0, 0.05) is 44.3 Å². The Hall–Kier alpha value is -7.12. The lowest BCUT2D eigenvalue weighted by molar-refractivity contribution is 0.617. The fourth-order valence-corrected chi connectivity index (χ4v) is 7.13. The van der Waals surface area contributed by atoms with Gasteiger partial charge in [-0.05, 0) is 47.2 Å². The summed E-state index contributed by atoms with van der Waals surface area (Å²) in [5.41, 5.74) is 7.48. The Labute approximate surface area is 289 Å². The van der Waals surface area contributed by atoms with Crippen molar-refractivity contribution in [1.82, 2.24) is 19.9 Å². The smallest absolute Gasteiger partial charge is 0.227 e. The number of hydrogen-bond acceptors (Lipinski definition) is 7. The van der Waals surface area contributed by atoms with E-state index in [-0.39, 0.29) is 0 Å². The first-order valence-corrected chi connectivity index (χ1v) is 16.7. The van der Waals surface area contributed by atoms with Crippen LogP contribution < -0.4 is 0 Å². The molecule has 0 amide bonds. The molecule has 11 rings (SSSR count). The molecule has 0 N–H and O–H groups in total. The lowest BCUT2D eigenvalue weighted by atomic mass is 10.0. The molecule has 0 spiro atoms. The van der Waals surface area contributed by atoms with Gasteiger partial charge in [-0.25, -0.2) is 19.9 Å². The molecule has 4 heterocycles. The number of benzene rings is 7. The third kappa shape index (κ3) is 4.38. The first kappa shape index (κ1) is 27.8. The summed E-state index contributed by atoms with van der Waals surface area (Å²) in [5.74, 6) is 2.01. The molecule has 4 aromatic heterocycles. The van der Waals surface area contributed by atoms with Crippen molar-refractivity contribution < 1.29 is 13.3 Å². The first-order valence-electron chi connectivity index (χ1n) is 16.7. The van der Waals surface area contributed by atoms with Crippen LogP contribution in [0, 0.1) is 0 Å². The molecule has 238 valence electrons. The number of furan rings is 2.